The van der Waals surface area contributed by atoms with E-state index < -0.39 is 0 Å². The third-order valence-electron chi connectivity index (χ3n) is 2.69. The zero-order chi connectivity index (χ0) is 9.97. The molecule has 1 fully saturated rings. The van der Waals surface area contributed by atoms with E-state index in [2.05, 4.69) is 21.7 Å². The molecule has 78 valence electrons. The molecule has 4 heteroatoms. The Morgan fingerprint density at radius 3 is 2.93 bits per heavy atom. The van der Waals surface area contributed by atoms with Gasteiger partial charge in [0.2, 0.25) is 0 Å². The van der Waals surface area contributed by atoms with Crippen LogP contribution in [0.15, 0.2) is 0 Å². The van der Waals surface area contributed by atoms with Gasteiger partial charge in [-0.05, 0) is 31.5 Å². The minimum absolute atomic E-state index is 0.651. The molecule has 14 heavy (non-hydrogen) atoms. The van der Waals surface area contributed by atoms with E-state index in [4.69, 9.17) is 12.2 Å². The van der Waals surface area contributed by atoms with Crippen LogP contribution in [0.5, 0.6) is 0 Å². The molecule has 0 aromatic carbocycles. The van der Waals surface area contributed by atoms with E-state index in [0.29, 0.717) is 6.04 Å². The molecule has 0 spiro atoms. The fraction of sp³-hybridized carbons (Fsp3) is 0.800. The van der Waals surface area contributed by atoms with Gasteiger partial charge in [-0.2, -0.15) is 5.10 Å². The summed E-state index contributed by atoms with van der Waals surface area (Å²) >= 11 is 5.21. The molecule has 1 saturated carbocycles. The molecule has 1 aromatic rings. The zero-order valence-corrected chi connectivity index (χ0v) is 9.44. The predicted molar refractivity (Wildman–Crippen MR) is 58.9 cm³/mol. The number of nitrogens with one attached hydrogen (secondary N) is 1. The van der Waals surface area contributed by atoms with Crippen molar-refractivity contribution in [3.63, 3.8) is 0 Å². The molecule has 3 nitrogen and oxygen atoms in total. The molecule has 1 aliphatic carbocycles. The van der Waals surface area contributed by atoms with Gasteiger partial charge in [0.15, 0.2) is 4.77 Å². The lowest BCUT2D eigenvalue weighted by Crippen LogP contribution is -2.01. The van der Waals surface area contributed by atoms with Crippen molar-refractivity contribution in [2.45, 2.75) is 51.5 Å². The van der Waals surface area contributed by atoms with Gasteiger partial charge in [-0.3, -0.25) is 5.10 Å². The lowest BCUT2D eigenvalue weighted by molar-refractivity contribution is 0.628. The smallest absolute Gasteiger partial charge is 0.195 e. The van der Waals surface area contributed by atoms with Crippen LogP contribution in [0.4, 0.5) is 0 Å². The SMILES string of the molecule is CCCCCc1n[nH]c(=S)n1C1CC1. The van der Waals surface area contributed by atoms with Gasteiger partial charge in [-0.15, -0.1) is 0 Å². The molecule has 1 N–H and O–H groups in total. The van der Waals surface area contributed by atoms with Crippen LogP contribution in [0.1, 0.15) is 50.9 Å². The quantitative estimate of drug-likeness (QED) is 0.600. The molecule has 0 unspecified atom stereocenters. The summed E-state index contributed by atoms with van der Waals surface area (Å²) in [5.74, 6) is 1.16. The number of aryl methyl sites for hydroxylation is 1. The van der Waals surface area contributed by atoms with E-state index in [-0.39, 0.29) is 0 Å². The van der Waals surface area contributed by atoms with E-state index in [0.717, 1.165) is 17.0 Å². The van der Waals surface area contributed by atoms with Gasteiger partial charge in [-0.25, -0.2) is 0 Å². The number of unbranched alkanes of at least 4 members (excludes halogenated alkanes) is 2. The number of H-pyrrole nitrogens is 1. The molecule has 0 aliphatic heterocycles. The van der Waals surface area contributed by atoms with Crippen molar-refractivity contribution in [1.82, 2.24) is 14.8 Å². The van der Waals surface area contributed by atoms with Gasteiger partial charge in [0.1, 0.15) is 5.82 Å². The Labute approximate surface area is 89.5 Å². The van der Waals surface area contributed by atoms with Gasteiger partial charge >= 0.3 is 0 Å². The van der Waals surface area contributed by atoms with Crippen molar-refractivity contribution < 1.29 is 0 Å². The Kier molecular flexibility index (Phi) is 3.01. The first-order valence-electron chi connectivity index (χ1n) is 5.48. The van der Waals surface area contributed by atoms with Crippen molar-refractivity contribution in [2.24, 2.45) is 0 Å². The highest BCUT2D eigenvalue weighted by atomic mass is 32.1. The van der Waals surface area contributed by atoms with E-state index in [9.17, 15) is 0 Å². The van der Waals surface area contributed by atoms with Crippen LogP contribution >= 0.6 is 12.2 Å². The van der Waals surface area contributed by atoms with Crippen molar-refractivity contribution >= 4 is 12.2 Å². The first kappa shape index (κ1) is 9.90. The van der Waals surface area contributed by atoms with Crippen LogP contribution in [0.3, 0.4) is 0 Å². The molecular formula is C10H17N3S. The van der Waals surface area contributed by atoms with Gasteiger partial charge in [-0.1, -0.05) is 19.8 Å². The summed E-state index contributed by atoms with van der Waals surface area (Å²) in [6.07, 6.45) is 7.38. The van der Waals surface area contributed by atoms with E-state index in [1.807, 2.05) is 0 Å². The third-order valence-corrected chi connectivity index (χ3v) is 2.98. The Balaban J connectivity index is 2.05. The molecule has 0 saturated heterocycles. The molecule has 1 heterocycles. The first-order chi connectivity index (χ1) is 6.83. The number of aromatic nitrogens is 3. The summed E-state index contributed by atoms with van der Waals surface area (Å²) in [6.45, 7) is 2.22. The summed E-state index contributed by atoms with van der Waals surface area (Å²) < 4.78 is 3.02. The summed E-state index contributed by atoms with van der Waals surface area (Å²) in [4.78, 5) is 0. The Hall–Kier alpha value is -0.640. The van der Waals surface area contributed by atoms with Crippen LogP contribution in [-0.2, 0) is 6.42 Å². The minimum Gasteiger partial charge on any atom is -0.301 e. The second-order valence-corrected chi connectivity index (χ2v) is 4.39. The molecule has 0 amide bonds. The van der Waals surface area contributed by atoms with E-state index >= 15 is 0 Å². The summed E-state index contributed by atoms with van der Waals surface area (Å²) in [5, 5.41) is 7.20. The third kappa shape index (κ3) is 2.05. The van der Waals surface area contributed by atoms with Crippen molar-refractivity contribution in [2.75, 3.05) is 0 Å². The average Bonchev–Trinajstić information content (AvgIpc) is 2.93. The Morgan fingerprint density at radius 2 is 2.29 bits per heavy atom. The topological polar surface area (TPSA) is 33.6 Å². The molecule has 0 atom stereocenters. The number of nitrogens with zero attached hydrogens (tertiary/aromatic N) is 2. The lowest BCUT2D eigenvalue weighted by Gasteiger charge is -2.03. The maximum absolute atomic E-state index is 5.21. The number of aromatic amines is 1. The zero-order valence-electron chi connectivity index (χ0n) is 8.62. The molecule has 1 aromatic heterocycles. The minimum atomic E-state index is 0.651. The standard InChI is InChI=1S/C10H17N3S/c1-2-3-4-5-9-11-12-10(14)13(9)8-6-7-8/h8H,2-7H2,1H3,(H,12,14). The van der Waals surface area contributed by atoms with Crippen LogP contribution < -0.4 is 0 Å². The Bertz CT molecular complexity index is 348. The van der Waals surface area contributed by atoms with Crippen LogP contribution in [-0.4, -0.2) is 14.8 Å². The summed E-state index contributed by atoms with van der Waals surface area (Å²) in [5.41, 5.74) is 0. The monoisotopic (exact) mass is 211 g/mol. The molecule has 0 radical (unpaired) electrons. The van der Waals surface area contributed by atoms with Gasteiger partial charge in [0.25, 0.3) is 0 Å². The first-order valence-corrected chi connectivity index (χ1v) is 5.89. The largest absolute Gasteiger partial charge is 0.301 e. The normalized spacial score (nSPS) is 16.1. The fourth-order valence-corrected chi connectivity index (χ4v) is 2.06. The summed E-state index contributed by atoms with van der Waals surface area (Å²) in [6, 6.07) is 0.651. The van der Waals surface area contributed by atoms with Crippen LogP contribution in [0, 0.1) is 4.77 Å². The van der Waals surface area contributed by atoms with Gasteiger partial charge < -0.3 is 4.57 Å². The number of hydrogen-bond acceptors (Lipinski definition) is 2. The molecule has 1 aliphatic rings. The maximum Gasteiger partial charge on any atom is 0.195 e. The number of hydrogen-bond donors (Lipinski definition) is 1. The van der Waals surface area contributed by atoms with Gasteiger partial charge in [0.05, 0.1) is 0 Å². The highest BCUT2D eigenvalue weighted by Gasteiger charge is 2.26. The second-order valence-electron chi connectivity index (χ2n) is 4.00. The number of rotatable bonds is 5. The maximum atomic E-state index is 5.21. The van der Waals surface area contributed by atoms with Crippen molar-refractivity contribution in [1.29, 1.82) is 0 Å². The van der Waals surface area contributed by atoms with Crippen molar-refractivity contribution in [3.8, 4) is 0 Å². The van der Waals surface area contributed by atoms with Gasteiger partial charge in [0, 0.05) is 12.5 Å². The lowest BCUT2D eigenvalue weighted by atomic mass is 10.2. The fourth-order valence-electron chi connectivity index (χ4n) is 1.76. The van der Waals surface area contributed by atoms with Crippen molar-refractivity contribution in [3.05, 3.63) is 10.6 Å². The summed E-state index contributed by atoms with van der Waals surface area (Å²) in [7, 11) is 0. The predicted octanol–water partition coefficient (Wildman–Crippen LogP) is 3.01. The molecule has 0 bridgehead atoms. The van der Waals surface area contributed by atoms with E-state index in [1.54, 1.807) is 0 Å². The highest BCUT2D eigenvalue weighted by Crippen LogP contribution is 2.35. The average molecular weight is 211 g/mol. The highest BCUT2D eigenvalue weighted by molar-refractivity contribution is 7.71. The second kappa shape index (κ2) is 4.26. The van der Waals surface area contributed by atoms with E-state index in [1.165, 1.54) is 32.1 Å². The van der Waals surface area contributed by atoms with Crippen LogP contribution in [0.2, 0.25) is 0 Å². The Morgan fingerprint density at radius 1 is 1.50 bits per heavy atom. The molecule has 2 rings (SSSR count). The van der Waals surface area contributed by atoms with Crippen LogP contribution in [0.25, 0.3) is 0 Å². The molecular weight excluding hydrogens is 194 g/mol.